The highest BCUT2D eigenvalue weighted by atomic mass is 19.4. The van der Waals surface area contributed by atoms with Crippen molar-refractivity contribution in [2.75, 3.05) is 11.4 Å². The fourth-order valence-electron chi connectivity index (χ4n) is 5.07. The van der Waals surface area contributed by atoms with Crippen LogP contribution in [-0.2, 0) is 23.0 Å². The molecule has 0 saturated heterocycles. The highest BCUT2D eigenvalue weighted by Crippen LogP contribution is 2.60. The van der Waals surface area contributed by atoms with Crippen LogP contribution in [0.25, 0.3) is 0 Å². The molecule has 40 heavy (non-hydrogen) atoms. The van der Waals surface area contributed by atoms with Gasteiger partial charge in [0.1, 0.15) is 6.10 Å². The van der Waals surface area contributed by atoms with Gasteiger partial charge in [-0.2, -0.15) is 31.3 Å². The van der Waals surface area contributed by atoms with Crippen molar-refractivity contribution >= 4 is 11.6 Å². The molecule has 5 rings (SSSR count). The summed E-state index contributed by atoms with van der Waals surface area (Å²) in [6.45, 7) is 1.42. The molecule has 1 N–H and O–H groups in total. The minimum Gasteiger partial charge on any atom is -0.472 e. The Hall–Kier alpha value is -3.74. The zero-order valence-corrected chi connectivity index (χ0v) is 20.8. The molecule has 3 aromatic rings. The van der Waals surface area contributed by atoms with Gasteiger partial charge in [0.05, 0.1) is 12.5 Å². The molecule has 6 nitrogen and oxygen atoms in total. The van der Waals surface area contributed by atoms with Gasteiger partial charge < -0.3 is 14.7 Å². The number of fused-ring (bicyclic) bond motifs is 2. The number of ether oxygens (including phenoxy) is 1. The molecule has 1 amide bonds. The Kier molecular flexibility index (Phi) is 6.76. The SMILES string of the molecule is C[C@H](C(=O)N1C[C@@H](Oc2ccnc(C(F)(F)F)n2)CCc2cc3c(cc21)C(F)C3(O)C(F)(F)F)c1ccccc1. The molecule has 2 unspecified atom stereocenters. The molecular weight excluding hydrogens is 547 g/mol. The van der Waals surface area contributed by atoms with Gasteiger partial charge in [-0.25, -0.2) is 9.37 Å². The summed E-state index contributed by atoms with van der Waals surface area (Å²) in [6, 6.07) is 11.9. The molecule has 4 atom stereocenters. The molecule has 2 heterocycles. The van der Waals surface area contributed by atoms with Crippen LogP contribution in [0, 0.1) is 0 Å². The maximum absolute atomic E-state index is 14.8. The van der Waals surface area contributed by atoms with Crippen molar-refractivity contribution in [3.05, 3.63) is 82.8 Å². The first kappa shape index (κ1) is 27.8. The van der Waals surface area contributed by atoms with Gasteiger partial charge in [-0.15, -0.1) is 0 Å². The lowest BCUT2D eigenvalue weighted by Crippen LogP contribution is -2.53. The van der Waals surface area contributed by atoms with Crippen molar-refractivity contribution in [2.45, 2.75) is 55.9 Å². The molecule has 1 aliphatic heterocycles. The average Bonchev–Trinajstić information content (AvgIpc) is 3.09. The molecule has 2 aromatic carbocycles. The van der Waals surface area contributed by atoms with Crippen LogP contribution in [0.15, 0.2) is 54.7 Å². The number of carbonyl (C=O) groups is 1. The second kappa shape index (κ2) is 9.72. The maximum Gasteiger partial charge on any atom is 0.451 e. The molecule has 212 valence electrons. The molecule has 0 spiro atoms. The number of carbonyl (C=O) groups excluding carboxylic acids is 1. The van der Waals surface area contributed by atoms with Crippen molar-refractivity contribution in [1.82, 2.24) is 9.97 Å². The van der Waals surface area contributed by atoms with Crippen LogP contribution in [0.2, 0.25) is 0 Å². The topological polar surface area (TPSA) is 75.6 Å². The zero-order chi connectivity index (χ0) is 29.0. The van der Waals surface area contributed by atoms with Crippen molar-refractivity contribution in [1.29, 1.82) is 0 Å². The lowest BCUT2D eigenvalue weighted by atomic mass is 9.70. The van der Waals surface area contributed by atoms with Crippen LogP contribution in [-0.4, -0.2) is 39.8 Å². The number of aliphatic hydroxyl groups is 1. The van der Waals surface area contributed by atoms with E-state index in [1.165, 1.54) is 4.90 Å². The Morgan fingerprint density at radius 1 is 1.12 bits per heavy atom. The number of anilines is 1. The lowest BCUT2D eigenvalue weighted by Gasteiger charge is -2.44. The van der Waals surface area contributed by atoms with Crippen molar-refractivity contribution in [3.8, 4) is 5.88 Å². The van der Waals surface area contributed by atoms with Crippen molar-refractivity contribution < 1.29 is 45.4 Å². The zero-order valence-electron chi connectivity index (χ0n) is 20.8. The average molecular weight is 569 g/mol. The third-order valence-corrected chi connectivity index (χ3v) is 7.25. The van der Waals surface area contributed by atoms with Crippen LogP contribution >= 0.6 is 0 Å². The number of hydrogen-bond donors (Lipinski definition) is 1. The number of aromatic nitrogens is 2. The highest BCUT2D eigenvalue weighted by Gasteiger charge is 2.68. The Morgan fingerprint density at radius 3 is 2.48 bits per heavy atom. The summed E-state index contributed by atoms with van der Waals surface area (Å²) >= 11 is 0. The third-order valence-electron chi connectivity index (χ3n) is 7.25. The van der Waals surface area contributed by atoms with Gasteiger partial charge in [-0.05, 0) is 48.6 Å². The number of nitrogens with zero attached hydrogens (tertiary/aromatic N) is 3. The summed E-state index contributed by atoms with van der Waals surface area (Å²) in [5.74, 6) is -3.04. The second-order valence-corrected chi connectivity index (χ2v) is 9.77. The van der Waals surface area contributed by atoms with Crippen molar-refractivity contribution in [2.24, 2.45) is 0 Å². The van der Waals surface area contributed by atoms with E-state index in [2.05, 4.69) is 9.97 Å². The maximum atomic E-state index is 14.8. The van der Waals surface area contributed by atoms with E-state index in [9.17, 15) is 40.6 Å². The summed E-state index contributed by atoms with van der Waals surface area (Å²) in [5, 5.41) is 10.2. The molecule has 0 bridgehead atoms. The normalized spacial score (nSPS) is 23.4. The van der Waals surface area contributed by atoms with Crippen LogP contribution in [0.1, 0.15) is 53.5 Å². The molecule has 0 saturated carbocycles. The first-order chi connectivity index (χ1) is 18.7. The number of alkyl halides is 7. The Labute approximate surface area is 223 Å². The van der Waals surface area contributed by atoms with Gasteiger partial charge in [0, 0.05) is 23.5 Å². The molecule has 0 fully saturated rings. The molecule has 1 aliphatic carbocycles. The lowest BCUT2D eigenvalue weighted by molar-refractivity contribution is -0.302. The van der Waals surface area contributed by atoms with E-state index in [0.29, 0.717) is 5.56 Å². The van der Waals surface area contributed by atoms with Gasteiger partial charge in [0.2, 0.25) is 23.2 Å². The van der Waals surface area contributed by atoms with Crippen LogP contribution in [0.5, 0.6) is 5.88 Å². The standard InChI is InChI=1S/C27H22F7N3O3/c1-14(15-5-3-2-4-6-15)23(38)37-13-17(40-21-9-10-35-24(36-21)26(29,30)31)8-7-16-11-19-18(12-20(16)37)22(28)25(19,39)27(32,33)34/h2-6,9-12,14,17,22,39H,7-8,13H2,1H3/t14-,17-,22?,25?/m0/s1. The number of hydrogen-bond acceptors (Lipinski definition) is 5. The number of benzene rings is 2. The minimum atomic E-state index is -5.27. The van der Waals surface area contributed by atoms with E-state index in [1.54, 1.807) is 37.3 Å². The highest BCUT2D eigenvalue weighted by molar-refractivity contribution is 5.99. The van der Waals surface area contributed by atoms with E-state index in [-0.39, 0.29) is 30.6 Å². The van der Waals surface area contributed by atoms with Gasteiger partial charge in [-0.1, -0.05) is 30.3 Å². The van der Waals surface area contributed by atoms with Crippen LogP contribution < -0.4 is 9.64 Å². The first-order valence-corrected chi connectivity index (χ1v) is 12.3. The number of halogens is 7. The van der Waals surface area contributed by atoms with E-state index < -0.39 is 64.9 Å². The second-order valence-electron chi connectivity index (χ2n) is 9.77. The van der Waals surface area contributed by atoms with Crippen molar-refractivity contribution in [3.63, 3.8) is 0 Å². The molecule has 1 aromatic heterocycles. The quantitative estimate of drug-likeness (QED) is 0.402. The summed E-state index contributed by atoms with van der Waals surface area (Å²) in [5.41, 5.74) is -3.70. The predicted octanol–water partition coefficient (Wildman–Crippen LogP) is 5.80. The molecule has 13 heteroatoms. The molecular formula is C27H22F7N3O3. The number of rotatable bonds is 4. The fraction of sp³-hybridized carbons (Fsp3) is 0.370. The van der Waals surface area contributed by atoms with Gasteiger partial charge >= 0.3 is 12.4 Å². The summed E-state index contributed by atoms with van der Waals surface area (Å²) in [7, 11) is 0. The Morgan fingerprint density at radius 2 is 1.82 bits per heavy atom. The van der Waals surface area contributed by atoms with E-state index in [1.807, 2.05) is 0 Å². The Bertz CT molecular complexity index is 1430. The number of aryl methyl sites for hydroxylation is 1. The van der Waals surface area contributed by atoms with Gasteiger partial charge in [0.25, 0.3) is 0 Å². The van der Waals surface area contributed by atoms with Crippen LogP contribution in [0.3, 0.4) is 0 Å². The smallest absolute Gasteiger partial charge is 0.451 e. The fourth-order valence-corrected chi connectivity index (χ4v) is 5.07. The molecule has 2 aliphatic rings. The van der Waals surface area contributed by atoms with E-state index >= 15 is 0 Å². The number of amides is 1. The Balaban J connectivity index is 1.53. The summed E-state index contributed by atoms with van der Waals surface area (Å²) in [6.07, 6.45) is -12.8. The summed E-state index contributed by atoms with van der Waals surface area (Å²) < 4.78 is 101. The van der Waals surface area contributed by atoms with E-state index in [0.717, 1.165) is 24.4 Å². The first-order valence-electron chi connectivity index (χ1n) is 12.3. The van der Waals surface area contributed by atoms with Gasteiger partial charge in [-0.3, -0.25) is 4.79 Å². The molecule has 0 radical (unpaired) electrons. The minimum absolute atomic E-state index is 0.0267. The van der Waals surface area contributed by atoms with Gasteiger partial charge in [0.15, 0.2) is 6.17 Å². The monoisotopic (exact) mass is 569 g/mol. The third kappa shape index (κ3) is 4.65. The van der Waals surface area contributed by atoms with Crippen LogP contribution in [0.4, 0.5) is 36.4 Å². The largest absolute Gasteiger partial charge is 0.472 e. The predicted molar refractivity (Wildman–Crippen MR) is 127 cm³/mol. The van der Waals surface area contributed by atoms with E-state index in [4.69, 9.17) is 4.74 Å². The summed E-state index contributed by atoms with van der Waals surface area (Å²) in [4.78, 5) is 21.6.